The molecule has 124 valence electrons. The second-order valence-corrected chi connectivity index (χ2v) is 7.12. The molecule has 3 nitrogen and oxygen atoms in total. The van der Waals surface area contributed by atoms with Gasteiger partial charge in [0, 0.05) is 30.3 Å². The van der Waals surface area contributed by atoms with Crippen molar-refractivity contribution in [3.05, 3.63) is 60.2 Å². The molecule has 1 heterocycles. The third-order valence-corrected chi connectivity index (χ3v) is 5.43. The van der Waals surface area contributed by atoms with Crippen molar-refractivity contribution in [2.45, 2.75) is 38.8 Å². The van der Waals surface area contributed by atoms with Crippen LogP contribution in [0.15, 0.2) is 54.6 Å². The van der Waals surface area contributed by atoms with Crippen LogP contribution >= 0.6 is 0 Å². The molecule has 0 unspecified atom stereocenters. The van der Waals surface area contributed by atoms with Crippen molar-refractivity contribution in [3.63, 3.8) is 0 Å². The molecule has 4 rings (SSSR count). The third-order valence-electron chi connectivity index (χ3n) is 5.43. The highest BCUT2D eigenvalue weighted by molar-refractivity contribution is 5.94. The van der Waals surface area contributed by atoms with Crippen molar-refractivity contribution < 1.29 is 4.79 Å². The lowest BCUT2D eigenvalue weighted by Gasteiger charge is -2.46. The maximum absolute atomic E-state index is 12.4. The summed E-state index contributed by atoms with van der Waals surface area (Å²) < 4.78 is 0. The fourth-order valence-corrected chi connectivity index (χ4v) is 4.23. The monoisotopic (exact) mass is 320 g/mol. The molecular formula is C21H24N2O. The van der Waals surface area contributed by atoms with Crippen LogP contribution < -0.4 is 10.2 Å². The Bertz CT molecular complexity index is 739. The predicted octanol–water partition coefficient (Wildman–Crippen LogP) is 4.62. The molecule has 0 saturated heterocycles. The van der Waals surface area contributed by atoms with Crippen molar-refractivity contribution in [2.24, 2.45) is 11.8 Å². The minimum Gasteiger partial charge on any atom is -0.378 e. The van der Waals surface area contributed by atoms with Crippen LogP contribution in [0.25, 0.3) is 0 Å². The fourth-order valence-electron chi connectivity index (χ4n) is 4.23. The minimum atomic E-state index is 0.157. The van der Waals surface area contributed by atoms with E-state index in [1.807, 2.05) is 12.1 Å². The molecule has 1 aliphatic carbocycles. The molecular weight excluding hydrogens is 296 g/mol. The van der Waals surface area contributed by atoms with Gasteiger partial charge in [-0.25, -0.2) is 0 Å². The molecule has 0 spiro atoms. The van der Waals surface area contributed by atoms with Gasteiger partial charge >= 0.3 is 0 Å². The van der Waals surface area contributed by atoms with Crippen LogP contribution in [0.2, 0.25) is 0 Å². The lowest BCUT2D eigenvalue weighted by molar-refractivity contribution is -0.117. The second kappa shape index (κ2) is 5.97. The number of hydrogen-bond acceptors (Lipinski definition) is 2. The first-order valence-corrected chi connectivity index (χ1v) is 8.87. The summed E-state index contributed by atoms with van der Waals surface area (Å²) in [6, 6.07) is 19.2. The highest BCUT2D eigenvalue weighted by Gasteiger charge is 2.47. The Labute approximate surface area is 143 Å². The van der Waals surface area contributed by atoms with Crippen molar-refractivity contribution in [1.82, 2.24) is 0 Å². The van der Waals surface area contributed by atoms with E-state index in [4.69, 9.17) is 0 Å². The lowest BCUT2D eigenvalue weighted by Crippen LogP contribution is -2.51. The summed E-state index contributed by atoms with van der Waals surface area (Å²) in [4.78, 5) is 14.5. The van der Waals surface area contributed by atoms with E-state index in [0.717, 1.165) is 11.4 Å². The normalized spacial score (nSPS) is 25.9. The van der Waals surface area contributed by atoms with E-state index in [1.165, 1.54) is 18.4 Å². The molecule has 0 bridgehead atoms. The Kier molecular flexibility index (Phi) is 3.79. The van der Waals surface area contributed by atoms with E-state index < -0.39 is 0 Å². The predicted molar refractivity (Wildman–Crippen MR) is 98.1 cm³/mol. The quantitative estimate of drug-likeness (QED) is 0.895. The van der Waals surface area contributed by atoms with Gasteiger partial charge in [0.25, 0.3) is 0 Å². The zero-order valence-electron chi connectivity index (χ0n) is 14.3. The van der Waals surface area contributed by atoms with Crippen molar-refractivity contribution in [1.29, 1.82) is 0 Å². The van der Waals surface area contributed by atoms with E-state index >= 15 is 0 Å². The van der Waals surface area contributed by atoms with E-state index in [9.17, 15) is 4.79 Å². The first kappa shape index (κ1) is 15.3. The van der Waals surface area contributed by atoms with Gasteiger partial charge < -0.3 is 10.2 Å². The molecule has 0 radical (unpaired) electrons. The standard InChI is InChI=1S/C21H24N2O/c1-14-20(22-17-8-4-3-5-9-17)18-10-6-7-11-19(18)23(15(2)24)21(14)16-12-13-16/h3-11,14,16,20-22H,12-13H2,1-2H3/t14-,20-,21+/m0/s1. The van der Waals surface area contributed by atoms with Crippen LogP contribution in [0.3, 0.4) is 0 Å². The van der Waals surface area contributed by atoms with Gasteiger partial charge in [-0.05, 0) is 42.5 Å². The van der Waals surface area contributed by atoms with Gasteiger partial charge in [-0.1, -0.05) is 43.3 Å². The molecule has 1 fully saturated rings. The van der Waals surface area contributed by atoms with E-state index in [0.29, 0.717) is 17.9 Å². The summed E-state index contributed by atoms with van der Waals surface area (Å²) in [6.45, 7) is 3.99. The molecule has 2 aromatic carbocycles. The molecule has 3 heteroatoms. The number of anilines is 2. The molecule has 0 aromatic heterocycles. The van der Waals surface area contributed by atoms with Gasteiger partial charge in [-0.3, -0.25) is 4.79 Å². The maximum atomic E-state index is 12.4. The van der Waals surface area contributed by atoms with Crippen LogP contribution in [-0.2, 0) is 4.79 Å². The van der Waals surface area contributed by atoms with E-state index in [2.05, 4.69) is 59.6 Å². The van der Waals surface area contributed by atoms with Crippen LogP contribution in [0, 0.1) is 11.8 Å². The number of nitrogens with one attached hydrogen (secondary N) is 1. The average molecular weight is 320 g/mol. The molecule has 2 aromatic rings. The first-order chi connectivity index (χ1) is 11.7. The summed E-state index contributed by atoms with van der Waals surface area (Å²) >= 11 is 0. The van der Waals surface area contributed by atoms with E-state index in [1.54, 1.807) is 6.92 Å². The SMILES string of the molecule is CC(=O)N1c2ccccc2[C@@H](Nc2ccccc2)[C@H](C)[C@@H]1C1CC1. The number of rotatable bonds is 3. The summed E-state index contributed by atoms with van der Waals surface area (Å²) in [7, 11) is 0. The molecule has 24 heavy (non-hydrogen) atoms. The van der Waals surface area contributed by atoms with Gasteiger partial charge in [-0.2, -0.15) is 0 Å². The van der Waals surface area contributed by atoms with Crippen LogP contribution in [0.5, 0.6) is 0 Å². The Hall–Kier alpha value is -2.29. The minimum absolute atomic E-state index is 0.157. The number of fused-ring (bicyclic) bond motifs is 1. The number of nitrogens with zero attached hydrogens (tertiary/aromatic N) is 1. The van der Waals surface area contributed by atoms with Gasteiger partial charge in [0.05, 0.1) is 6.04 Å². The molecule has 1 amide bonds. The summed E-state index contributed by atoms with van der Waals surface area (Å²) in [6.07, 6.45) is 2.47. The van der Waals surface area contributed by atoms with Gasteiger partial charge in [-0.15, -0.1) is 0 Å². The molecule has 1 N–H and O–H groups in total. The van der Waals surface area contributed by atoms with Gasteiger partial charge in [0.1, 0.15) is 0 Å². The zero-order valence-corrected chi connectivity index (χ0v) is 14.3. The summed E-state index contributed by atoms with van der Waals surface area (Å²) in [5.74, 6) is 1.16. The number of benzene rings is 2. The highest BCUT2D eigenvalue weighted by atomic mass is 16.2. The van der Waals surface area contributed by atoms with Crippen LogP contribution in [0.1, 0.15) is 38.3 Å². The first-order valence-electron chi connectivity index (χ1n) is 8.87. The Balaban J connectivity index is 1.78. The fraction of sp³-hybridized carbons (Fsp3) is 0.381. The molecule has 1 saturated carbocycles. The van der Waals surface area contributed by atoms with E-state index in [-0.39, 0.29) is 11.9 Å². The number of hydrogen-bond donors (Lipinski definition) is 1. The van der Waals surface area contributed by atoms with Crippen molar-refractivity contribution in [3.8, 4) is 0 Å². The summed E-state index contributed by atoms with van der Waals surface area (Å²) in [5.41, 5.74) is 3.43. The molecule has 2 aliphatic rings. The lowest BCUT2D eigenvalue weighted by atomic mass is 9.80. The van der Waals surface area contributed by atoms with Crippen LogP contribution in [-0.4, -0.2) is 11.9 Å². The number of para-hydroxylation sites is 2. The average Bonchev–Trinajstić information content (AvgIpc) is 3.42. The van der Waals surface area contributed by atoms with Gasteiger partial charge in [0.2, 0.25) is 5.91 Å². The summed E-state index contributed by atoms with van der Waals surface area (Å²) in [5, 5.41) is 3.72. The number of carbonyl (C=O) groups is 1. The Morgan fingerprint density at radius 2 is 1.71 bits per heavy atom. The smallest absolute Gasteiger partial charge is 0.224 e. The van der Waals surface area contributed by atoms with Crippen LogP contribution in [0.4, 0.5) is 11.4 Å². The number of amides is 1. The molecule has 1 aliphatic heterocycles. The Morgan fingerprint density at radius 3 is 2.38 bits per heavy atom. The zero-order chi connectivity index (χ0) is 16.7. The Morgan fingerprint density at radius 1 is 1.04 bits per heavy atom. The third kappa shape index (κ3) is 2.58. The molecule has 3 atom stereocenters. The largest absolute Gasteiger partial charge is 0.378 e. The van der Waals surface area contributed by atoms with Crippen molar-refractivity contribution >= 4 is 17.3 Å². The highest BCUT2D eigenvalue weighted by Crippen LogP contribution is 2.49. The topological polar surface area (TPSA) is 32.3 Å². The maximum Gasteiger partial charge on any atom is 0.224 e. The van der Waals surface area contributed by atoms with Gasteiger partial charge in [0.15, 0.2) is 0 Å². The van der Waals surface area contributed by atoms with Crippen molar-refractivity contribution in [2.75, 3.05) is 10.2 Å². The second-order valence-electron chi connectivity index (χ2n) is 7.12. The number of carbonyl (C=O) groups excluding carboxylic acids is 1.